The van der Waals surface area contributed by atoms with Crippen molar-refractivity contribution < 1.29 is 9.53 Å². The summed E-state index contributed by atoms with van der Waals surface area (Å²) in [7, 11) is 0. The molecule has 2 fully saturated rings. The molecule has 0 aromatic carbocycles. The first kappa shape index (κ1) is 9.16. The third-order valence-electron chi connectivity index (χ3n) is 2.87. The molecule has 2 heterocycles. The minimum atomic E-state index is -0.0815. The fourth-order valence-corrected chi connectivity index (χ4v) is 2.04. The molecule has 0 aromatic heterocycles. The maximum absolute atomic E-state index is 10.9. The van der Waals surface area contributed by atoms with Crippen molar-refractivity contribution in [1.29, 1.82) is 0 Å². The number of ketones is 1. The molecular formula is C10H17NO2. The fourth-order valence-electron chi connectivity index (χ4n) is 2.04. The van der Waals surface area contributed by atoms with Crippen molar-refractivity contribution in [3.05, 3.63) is 0 Å². The number of rotatable bonds is 3. The average Bonchev–Trinajstić information content (AvgIpc) is 2.86. The minimum absolute atomic E-state index is 0.0815. The van der Waals surface area contributed by atoms with E-state index in [4.69, 9.17) is 4.74 Å². The van der Waals surface area contributed by atoms with Gasteiger partial charge in [-0.25, -0.2) is 0 Å². The standard InChI is InChI=1S/C10H17NO2/c1-8(12)10-9(13-10)7-11-5-3-2-4-6-11/h9-10H,2-7H2,1H3. The first-order chi connectivity index (χ1) is 6.27. The number of carbonyl (C=O) groups excluding carboxylic acids is 1. The summed E-state index contributed by atoms with van der Waals surface area (Å²) in [5, 5.41) is 0. The molecule has 13 heavy (non-hydrogen) atoms. The van der Waals surface area contributed by atoms with Crippen LogP contribution in [0.3, 0.4) is 0 Å². The second kappa shape index (κ2) is 3.76. The van der Waals surface area contributed by atoms with E-state index in [0.717, 1.165) is 6.54 Å². The lowest BCUT2D eigenvalue weighted by molar-refractivity contribution is -0.118. The number of Topliss-reactive ketones (excluding diaryl/α,β-unsaturated/α-hetero) is 1. The van der Waals surface area contributed by atoms with Crippen LogP contribution in [0.2, 0.25) is 0 Å². The van der Waals surface area contributed by atoms with Crippen molar-refractivity contribution in [3.63, 3.8) is 0 Å². The molecule has 0 N–H and O–H groups in total. The van der Waals surface area contributed by atoms with Gasteiger partial charge in [0.05, 0.1) is 0 Å². The van der Waals surface area contributed by atoms with E-state index >= 15 is 0 Å². The molecule has 0 aliphatic carbocycles. The maximum atomic E-state index is 10.9. The second-order valence-electron chi connectivity index (χ2n) is 4.07. The first-order valence-corrected chi connectivity index (χ1v) is 5.15. The Morgan fingerprint density at radius 2 is 2.08 bits per heavy atom. The van der Waals surface area contributed by atoms with Gasteiger partial charge in [0.2, 0.25) is 0 Å². The van der Waals surface area contributed by atoms with Crippen molar-refractivity contribution in [2.45, 2.75) is 38.4 Å². The van der Waals surface area contributed by atoms with Crippen LogP contribution in [0.25, 0.3) is 0 Å². The van der Waals surface area contributed by atoms with E-state index in [-0.39, 0.29) is 18.0 Å². The molecule has 3 nitrogen and oxygen atoms in total. The van der Waals surface area contributed by atoms with E-state index in [1.54, 1.807) is 6.92 Å². The van der Waals surface area contributed by atoms with Crippen LogP contribution in [0, 0.1) is 0 Å². The summed E-state index contributed by atoms with van der Waals surface area (Å²) < 4.78 is 5.29. The first-order valence-electron chi connectivity index (χ1n) is 5.15. The number of likely N-dealkylation sites (tertiary alicyclic amines) is 1. The van der Waals surface area contributed by atoms with Gasteiger partial charge in [0.1, 0.15) is 12.2 Å². The van der Waals surface area contributed by atoms with Gasteiger partial charge in [0.15, 0.2) is 5.78 Å². The maximum Gasteiger partial charge on any atom is 0.161 e. The van der Waals surface area contributed by atoms with Gasteiger partial charge in [-0.15, -0.1) is 0 Å². The molecule has 0 saturated carbocycles. The van der Waals surface area contributed by atoms with Crippen molar-refractivity contribution in [2.75, 3.05) is 19.6 Å². The van der Waals surface area contributed by atoms with Crippen molar-refractivity contribution in [2.24, 2.45) is 0 Å². The van der Waals surface area contributed by atoms with Crippen LogP contribution in [-0.2, 0) is 9.53 Å². The molecule has 0 bridgehead atoms. The van der Waals surface area contributed by atoms with E-state index in [1.807, 2.05) is 0 Å². The highest BCUT2D eigenvalue weighted by molar-refractivity contribution is 5.83. The van der Waals surface area contributed by atoms with Gasteiger partial charge in [0, 0.05) is 6.54 Å². The average molecular weight is 183 g/mol. The molecule has 74 valence electrons. The second-order valence-corrected chi connectivity index (χ2v) is 4.07. The number of ether oxygens (including phenoxy) is 1. The Balaban J connectivity index is 1.70. The Hall–Kier alpha value is -0.410. The Labute approximate surface area is 79.0 Å². The van der Waals surface area contributed by atoms with Crippen LogP contribution in [0.15, 0.2) is 0 Å². The van der Waals surface area contributed by atoms with E-state index in [2.05, 4.69) is 4.90 Å². The van der Waals surface area contributed by atoms with Gasteiger partial charge in [-0.3, -0.25) is 4.79 Å². The summed E-state index contributed by atoms with van der Waals surface area (Å²) in [6.45, 7) is 4.94. The largest absolute Gasteiger partial charge is 0.360 e. The van der Waals surface area contributed by atoms with Gasteiger partial charge in [-0.05, 0) is 32.9 Å². The zero-order chi connectivity index (χ0) is 9.26. The highest BCUT2D eigenvalue weighted by Crippen LogP contribution is 2.24. The molecule has 3 heteroatoms. The third-order valence-corrected chi connectivity index (χ3v) is 2.87. The molecule has 0 aromatic rings. The van der Waals surface area contributed by atoms with E-state index < -0.39 is 0 Å². The molecule has 0 radical (unpaired) electrons. The predicted octanol–water partition coefficient (Wildman–Crippen LogP) is 0.829. The van der Waals surface area contributed by atoms with Crippen LogP contribution in [0.1, 0.15) is 26.2 Å². The molecule has 2 saturated heterocycles. The van der Waals surface area contributed by atoms with Gasteiger partial charge in [-0.2, -0.15) is 0 Å². The molecule has 0 spiro atoms. The number of nitrogens with zero attached hydrogens (tertiary/aromatic N) is 1. The van der Waals surface area contributed by atoms with Gasteiger partial charge in [-0.1, -0.05) is 6.42 Å². The summed E-state index contributed by atoms with van der Waals surface area (Å²) in [5.74, 6) is 0.182. The van der Waals surface area contributed by atoms with Crippen LogP contribution in [0.4, 0.5) is 0 Å². The number of piperidine rings is 1. The number of hydrogen-bond donors (Lipinski definition) is 0. The topological polar surface area (TPSA) is 32.8 Å². The summed E-state index contributed by atoms with van der Waals surface area (Å²) in [6, 6.07) is 0. The third kappa shape index (κ3) is 2.29. The van der Waals surface area contributed by atoms with Gasteiger partial charge in [0.25, 0.3) is 0 Å². The molecular weight excluding hydrogens is 166 g/mol. The van der Waals surface area contributed by atoms with E-state index in [9.17, 15) is 4.79 Å². The van der Waals surface area contributed by atoms with Crippen LogP contribution in [-0.4, -0.2) is 42.5 Å². The van der Waals surface area contributed by atoms with Crippen LogP contribution < -0.4 is 0 Å². The Morgan fingerprint density at radius 1 is 1.38 bits per heavy atom. The minimum Gasteiger partial charge on any atom is -0.360 e. The lowest BCUT2D eigenvalue weighted by Gasteiger charge is -2.25. The lowest BCUT2D eigenvalue weighted by Crippen LogP contribution is -2.33. The summed E-state index contributed by atoms with van der Waals surface area (Å²) >= 11 is 0. The molecule has 0 amide bonds. The van der Waals surface area contributed by atoms with Gasteiger partial charge >= 0.3 is 0 Å². The van der Waals surface area contributed by atoms with Crippen LogP contribution >= 0.6 is 0 Å². The Morgan fingerprint density at radius 3 is 2.62 bits per heavy atom. The number of hydrogen-bond acceptors (Lipinski definition) is 3. The monoisotopic (exact) mass is 183 g/mol. The van der Waals surface area contributed by atoms with Gasteiger partial charge < -0.3 is 9.64 Å². The summed E-state index contributed by atoms with van der Waals surface area (Å²) in [5.41, 5.74) is 0. The van der Waals surface area contributed by atoms with Crippen molar-refractivity contribution >= 4 is 5.78 Å². The Bertz CT molecular complexity index is 199. The van der Waals surface area contributed by atoms with Crippen LogP contribution in [0.5, 0.6) is 0 Å². The molecule has 2 aliphatic rings. The molecule has 2 unspecified atom stereocenters. The zero-order valence-corrected chi connectivity index (χ0v) is 8.16. The number of carbonyl (C=O) groups is 1. The number of epoxide rings is 1. The lowest BCUT2D eigenvalue weighted by atomic mass is 10.1. The fraction of sp³-hybridized carbons (Fsp3) is 0.900. The molecule has 2 rings (SSSR count). The Kier molecular flexibility index (Phi) is 2.65. The highest BCUT2D eigenvalue weighted by atomic mass is 16.6. The normalized spacial score (nSPS) is 34.5. The molecule has 2 atom stereocenters. The summed E-state index contributed by atoms with van der Waals surface area (Å²) in [6.07, 6.45) is 4.09. The quantitative estimate of drug-likeness (QED) is 0.607. The zero-order valence-electron chi connectivity index (χ0n) is 8.16. The summed E-state index contributed by atoms with van der Waals surface area (Å²) in [4.78, 5) is 13.3. The smallest absolute Gasteiger partial charge is 0.161 e. The van der Waals surface area contributed by atoms with Crippen molar-refractivity contribution in [1.82, 2.24) is 4.90 Å². The molecule has 2 aliphatic heterocycles. The van der Waals surface area contributed by atoms with Crippen molar-refractivity contribution in [3.8, 4) is 0 Å². The highest BCUT2D eigenvalue weighted by Gasteiger charge is 2.43. The predicted molar refractivity (Wildman–Crippen MR) is 49.6 cm³/mol. The van der Waals surface area contributed by atoms with E-state index in [1.165, 1.54) is 32.4 Å². The van der Waals surface area contributed by atoms with E-state index in [0.29, 0.717) is 0 Å². The SMILES string of the molecule is CC(=O)C1OC1CN1CCCCC1.